The van der Waals surface area contributed by atoms with Crippen LogP contribution in [0.25, 0.3) is 11.1 Å². The van der Waals surface area contributed by atoms with Crippen LogP contribution in [-0.4, -0.2) is 41.6 Å². The molecule has 1 aliphatic heterocycles. The minimum absolute atomic E-state index is 0.00778. The van der Waals surface area contributed by atoms with Gasteiger partial charge in [0.1, 0.15) is 22.6 Å². The number of carbonyl (C=O) groups excluding carboxylic acids is 1. The molecule has 9 nitrogen and oxygen atoms in total. The Hall–Kier alpha value is -3.56. The first-order valence-corrected chi connectivity index (χ1v) is 13.3. The summed E-state index contributed by atoms with van der Waals surface area (Å²) >= 11 is 11.1. The average molecular weight is 702 g/mol. The van der Waals surface area contributed by atoms with E-state index in [-0.39, 0.29) is 40.3 Å². The molecule has 3 aromatic carbocycles. The monoisotopic (exact) mass is 700 g/mol. The van der Waals surface area contributed by atoms with Crippen LogP contribution in [0.4, 0.5) is 40.7 Å². The summed E-state index contributed by atoms with van der Waals surface area (Å²) < 4.78 is 45.8. The van der Waals surface area contributed by atoms with E-state index in [1.807, 2.05) is 0 Å². The highest BCUT2D eigenvalue weighted by atomic mass is 79.9. The highest BCUT2D eigenvalue weighted by molar-refractivity contribution is 9.11. The number of nitro benzene ring substituents is 1. The lowest BCUT2D eigenvalue weighted by Gasteiger charge is -2.15. The fourth-order valence-electron chi connectivity index (χ4n) is 3.78. The number of thiocarbonyl (C=S) groups is 1. The fourth-order valence-corrected chi connectivity index (χ4v) is 4.83. The number of hydrogen-bond donors (Lipinski definition) is 2. The van der Waals surface area contributed by atoms with Gasteiger partial charge < -0.3 is 15.4 Å². The van der Waals surface area contributed by atoms with Crippen LogP contribution in [0.1, 0.15) is 0 Å². The lowest BCUT2D eigenvalue weighted by Crippen LogP contribution is -2.36. The largest absolute Gasteiger partial charge is 0.442 e. The smallest absolute Gasteiger partial charge is 0.414 e. The van der Waals surface area contributed by atoms with Gasteiger partial charge in [-0.05, 0) is 85.5 Å². The van der Waals surface area contributed by atoms with Crippen LogP contribution < -0.4 is 21.0 Å². The molecule has 1 fully saturated rings. The Balaban J connectivity index is 1.55. The zero-order valence-corrected chi connectivity index (χ0v) is 24.0. The number of cyclic esters (lactones) is 1. The average Bonchev–Trinajstić information content (AvgIpc) is 3.25. The molecule has 2 N–H and O–H groups in total. The van der Waals surface area contributed by atoms with Crippen molar-refractivity contribution in [2.75, 3.05) is 23.3 Å². The van der Waals surface area contributed by atoms with E-state index in [2.05, 4.69) is 54.7 Å². The normalized spacial score (nSPS) is 14.7. The molecule has 0 bridgehead atoms. The lowest BCUT2D eigenvalue weighted by atomic mass is 10.1. The van der Waals surface area contributed by atoms with Crippen molar-refractivity contribution < 1.29 is 27.6 Å². The molecule has 1 aliphatic rings. The van der Waals surface area contributed by atoms with Gasteiger partial charge in [-0.15, -0.1) is 0 Å². The number of alkyl halides is 2. The number of anilines is 3. The van der Waals surface area contributed by atoms with Gasteiger partial charge in [0.15, 0.2) is 0 Å². The van der Waals surface area contributed by atoms with Gasteiger partial charge >= 0.3 is 6.09 Å². The Labute approximate surface area is 246 Å². The molecule has 208 valence electrons. The molecule has 0 radical (unpaired) electrons. The SMILES string of the molecule is O=C1O[C@@H](CNC(=S)C(F)F)CN1c1ccc(Nc2c(Br)cc(-c3ccc([N+](=O)[O-])cc3)cc(Br)c2=O)c(F)c1. The van der Waals surface area contributed by atoms with Crippen LogP contribution in [0.15, 0.2) is 68.3 Å². The highest BCUT2D eigenvalue weighted by Gasteiger charge is 2.33. The molecule has 0 aromatic heterocycles. The van der Waals surface area contributed by atoms with Crippen molar-refractivity contribution in [3.05, 3.63) is 89.7 Å². The lowest BCUT2D eigenvalue weighted by molar-refractivity contribution is -0.384. The molecular formula is C25H17Br2F3N4O5S. The van der Waals surface area contributed by atoms with Crippen LogP contribution >= 0.6 is 44.1 Å². The van der Waals surface area contributed by atoms with E-state index in [4.69, 9.17) is 4.74 Å². The molecule has 40 heavy (non-hydrogen) atoms. The van der Waals surface area contributed by atoms with Gasteiger partial charge in [-0.25, -0.2) is 18.0 Å². The molecule has 1 saturated heterocycles. The molecule has 1 amide bonds. The van der Waals surface area contributed by atoms with Crippen molar-refractivity contribution in [1.82, 2.24) is 5.32 Å². The van der Waals surface area contributed by atoms with Gasteiger partial charge in [0.2, 0.25) is 5.43 Å². The zero-order chi connectivity index (χ0) is 29.1. The molecule has 0 unspecified atom stereocenters. The number of nitrogens with one attached hydrogen (secondary N) is 2. The quantitative estimate of drug-likeness (QED) is 0.155. The van der Waals surface area contributed by atoms with Crippen LogP contribution in [0.3, 0.4) is 0 Å². The Kier molecular flexibility index (Phi) is 9.05. The molecule has 0 saturated carbocycles. The van der Waals surface area contributed by atoms with E-state index in [9.17, 15) is 28.5 Å². The number of carbonyl (C=O) groups is 1. The Morgan fingerprint density at radius 2 is 1.77 bits per heavy atom. The molecule has 0 aliphatic carbocycles. The van der Waals surface area contributed by atoms with Crippen LogP contribution in [0, 0.1) is 15.9 Å². The van der Waals surface area contributed by atoms with E-state index < -0.39 is 39.8 Å². The molecule has 15 heteroatoms. The summed E-state index contributed by atoms with van der Waals surface area (Å²) in [5.74, 6) is -0.782. The van der Waals surface area contributed by atoms with Gasteiger partial charge in [-0.3, -0.25) is 19.8 Å². The summed E-state index contributed by atoms with van der Waals surface area (Å²) in [5, 5.41) is 16.0. The summed E-state index contributed by atoms with van der Waals surface area (Å²) in [6, 6.07) is 12.7. The summed E-state index contributed by atoms with van der Waals surface area (Å²) in [6.45, 7) is -0.150. The second-order valence-electron chi connectivity index (χ2n) is 8.40. The van der Waals surface area contributed by atoms with Crippen LogP contribution in [-0.2, 0) is 4.74 Å². The van der Waals surface area contributed by atoms with Crippen LogP contribution in [0.5, 0.6) is 0 Å². The summed E-state index contributed by atoms with van der Waals surface area (Å²) in [6.07, 6.45) is -4.40. The first kappa shape index (κ1) is 29.4. The number of rotatable bonds is 8. The summed E-state index contributed by atoms with van der Waals surface area (Å²) in [5.41, 5.74) is 0.681. The fraction of sp³-hybridized carbons (Fsp3) is 0.160. The maximum absolute atomic E-state index is 15.1. The van der Waals surface area contributed by atoms with Gasteiger partial charge in [0.05, 0.1) is 33.9 Å². The predicted molar refractivity (Wildman–Crippen MR) is 154 cm³/mol. The first-order valence-electron chi connectivity index (χ1n) is 11.3. The highest BCUT2D eigenvalue weighted by Crippen LogP contribution is 2.32. The predicted octanol–water partition coefficient (Wildman–Crippen LogP) is 6.54. The topological polar surface area (TPSA) is 114 Å². The van der Waals surface area contributed by atoms with E-state index in [0.717, 1.165) is 11.0 Å². The number of nitrogens with zero attached hydrogens (tertiary/aromatic N) is 2. The number of halogens is 5. The Morgan fingerprint density at radius 1 is 1.10 bits per heavy atom. The molecule has 3 aromatic rings. The summed E-state index contributed by atoms with van der Waals surface area (Å²) in [7, 11) is 0. The number of benzene rings is 2. The minimum atomic E-state index is -2.84. The summed E-state index contributed by atoms with van der Waals surface area (Å²) in [4.78, 5) is 36.2. The molecule has 1 atom stereocenters. The Bertz CT molecular complexity index is 1560. The van der Waals surface area contributed by atoms with Gasteiger partial charge in [-0.1, -0.05) is 12.2 Å². The number of amides is 1. The number of nitro groups is 1. The zero-order valence-electron chi connectivity index (χ0n) is 20.0. The van der Waals surface area contributed by atoms with Gasteiger partial charge in [0, 0.05) is 16.6 Å². The van der Waals surface area contributed by atoms with E-state index in [0.29, 0.717) is 15.6 Å². The van der Waals surface area contributed by atoms with Crippen molar-refractivity contribution >= 4 is 77.9 Å². The molecule has 4 rings (SSSR count). The van der Waals surface area contributed by atoms with Gasteiger partial charge in [0.25, 0.3) is 12.1 Å². The van der Waals surface area contributed by atoms with E-state index in [1.165, 1.54) is 30.3 Å². The van der Waals surface area contributed by atoms with E-state index in [1.54, 1.807) is 18.2 Å². The molecular weight excluding hydrogens is 685 g/mol. The maximum Gasteiger partial charge on any atom is 0.414 e. The molecule has 0 spiro atoms. The number of ether oxygens (including phenoxy) is 1. The standard InChI is InChI=1S/C25H17Br2F3N4O5S/c26-17-7-13(12-1-3-14(4-2-12)34(37)38)8-18(27)22(35)21(17)32-20-6-5-15(9-19(20)28)33-11-16(39-25(33)36)10-31-24(40)23(29)30/h1-9,16,23H,10-11H2,(H,31,40)(H,32,35)/t16-/m0/s1. The van der Waals surface area contributed by atoms with Crippen molar-refractivity contribution in [3.8, 4) is 11.1 Å². The second-order valence-corrected chi connectivity index (χ2v) is 10.5. The molecule has 1 heterocycles. The van der Waals surface area contributed by atoms with Crippen molar-refractivity contribution in [2.45, 2.75) is 12.5 Å². The van der Waals surface area contributed by atoms with Crippen LogP contribution in [0.2, 0.25) is 0 Å². The third kappa shape index (κ3) is 6.59. The first-order chi connectivity index (χ1) is 18.9. The van der Waals surface area contributed by atoms with Crippen molar-refractivity contribution in [2.24, 2.45) is 0 Å². The number of hydrogen-bond acceptors (Lipinski definition) is 7. The number of non-ortho nitro benzene ring substituents is 1. The second kappa shape index (κ2) is 12.3. The van der Waals surface area contributed by atoms with Crippen molar-refractivity contribution in [1.29, 1.82) is 0 Å². The maximum atomic E-state index is 15.1. The van der Waals surface area contributed by atoms with Crippen molar-refractivity contribution in [3.63, 3.8) is 0 Å². The van der Waals surface area contributed by atoms with Gasteiger partial charge in [-0.2, -0.15) is 0 Å². The third-order valence-electron chi connectivity index (χ3n) is 5.76. The third-order valence-corrected chi connectivity index (χ3v) is 7.30. The van der Waals surface area contributed by atoms with E-state index >= 15 is 4.39 Å². The minimum Gasteiger partial charge on any atom is -0.442 e. The Morgan fingerprint density at radius 3 is 2.40 bits per heavy atom.